The highest BCUT2D eigenvalue weighted by Crippen LogP contribution is 2.32. The Morgan fingerprint density at radius 1 is 1.20 bits per heavy atom. The van der Waals surface area contributed by atoms with E-state index in [1.807, 2.05) is 6.92 Å². The zero-order valence-electron chi connectivity index (χ0n) is 15.0. The van der Waals surface area contributed by atoms with Crippen molar-refractivity contribution in [1.29, 1.82) is 0 Å². The Morgan fingerprint density at radius 2 is 2.08 bits per heavy atom. The molecule has 3 atom stereocenters. The summed E-state index contributed by atoms with van der Waals surface area (Å²) in [5.41, 5.74) is 0. The number of fused-ring (bicyclic) bond motifs is 1. The SMILES string of the molecule is CCc1nc([C@@H]2CCCN2CC(=O)N2CCO[C@H]3CCCC[C@H]32)no1. The van der Waals surface area contributed by atoms with E-state index in [9.17, 15) is 4.79 Å². The van der Waals surface area contributed by atoms with Crippen molar-refractivity contribution >= 4 is 5.91 Å². The van der Waals surface area contributed by atoms with E-state index in [4.69, 9.17) is 9.26 Å². The van der Waals surface area contributed by atoms with Gasteiger partial charge in [0.05, 0.1) is 31.3 Å². The molecular formula is C18H28N4O3. The van der Waals surface area contributed by atoms with E-state index in [1.165, 1.54) is 12.8 Å². The van der Waals surface area contributed by atoms with Crippen LogP contribution in [-0.4, -0.2) is 64.2 Å². The second-order valence-corrected chi connectivity index (χ2v) is 7.38. The van der Waals surface area contributed by atoms with Gasteiger partial charge in [-0.1, -0.05) is 24.9 Å². The minimum absolute atomic E-state index is 0.108. The summed E-state index contributed by atoms with van der Waals surface area (Å²) in [6.45, 7) is 4.77. The van der Waals surface area contributed by atoms with Gasteiger partial charge < -0.3 is 14.2 Å². The third-order valence-corrected chi connectivity index (χ3v) is 5.84. The van der Waals surface area contributed by atoms with Crippen LogP contribution in [0, 0.1) is 0 Å². The summed E-state index contributed by atoms with van der Waals surface area (Å²) >= 11 is 0. The van der Waals surface area contributed by atoms with Crippen LogP contribution in [-0.2, 0) is 16.0 Å². The summed E-state index contributed by atoms with van der Waals surface area (Å²) < 4.78 is 11.2. The first kappa shape index (κ1) is 17.0. The van der Waals surface area contributed by atoms with Crippen molar-refractivity contribution in [2.24, 2.45) is 0 Å². The number of nitrogens with zero attached hydrogens (tertiary/aromatic N) is 4. The number of amides is 1. The topological polar surface area (TPSA) is 71.7 Å². The number of rotatable bonds is 4. The Hall–Kier alpha value is -1.47. The predicted molar refractivity (Wildman–Crippen MR) is 90.9 cm³/mol. The van der Waals surface area contributed by atoms with Crippen molar-refractivity contribution in [3.63, 3.8) is 0 Å². The molecule has 138 valence electrons. The van der Waals surface area contributed by atoms with E-state index in [0.717, 1.165) is 51.0 Å². The molecule has 7 heteroatoms. The maximum atomic E-state index is 13.0. The van der Waals surface area contributed by atoms with E-state index >= 15 is 0 Å². The molecular weight excluding hydrogens is 320 g/mol. The van der Waals surface area contributed by atoms with E-state index in [1.54, 1.807) is 0 Å². The largest absolute Gasteiger partial charge is 0.374 e. The van der Waals surface area contributed by atoms with Crippen LogP contribution in [0.2, 0.25) is 0 Å². The Balaban J connectivity index is 1.42. The molecule has 3 heterocycles. The molecule has 0 bridgehead atoms. The molecule has 2 saturated heterocycles. The minimum Gasteiger partial charge on any atom is -0.374 e. The number of hydrogen-bond donors (Lipinski definition) is 0. The lowest BCUT2D eigenvalue weighted by molar-refractivity contribution is -0.150. The highest BCUT2D eigenvalue weighted by atomic mass is 16.5. The summed E-state index contributed by atoms with van der Waals surface area (Å²) in [7, 11) is 0. The van der Waals surface area contributed by atoms with Crippen LogP contribution in [0.15, 0.2) is 4.52 Å². The number of morpholine rings is 1. The summed E-state index contributed by atoms with van der Waals surface area (Å²) in [6.07, 6.45) is 7.63. The molecule has 7 nitrogen and oxygen atoms in total. The second-order valence-electron chi connectivity index (χ2n) is 7.38. The molecule has 0 N–H and O–H groups in total. The number of likely N-dealkylation sites (tertiary alicyclic amines) is 1. The van der Waals surface area contributed by atoms with Crippen LogP contribution in [0.1, 0.15) is 63.2 Å². The van der Waals surface area contributed by atoms with Crippen LogP contribution in [0.5, 0.6) is 0 Å². The summed E-state index contributed by atoms with van der Waals surface area (Å²) in [4.78, 5) is 21.8. The molecule has 0 radical (unpaired) electrons. The van der Waals surface area contributed by atoms with E-state index in [0.29, 0.717) is 19.0 Å². The van der Waals surface area contributed by atoms with Crippen molar-refractivity contribution in [2.45, 2.75) is 70.1 Å². The van der Waals surface area contributed by atoms with Gasteiger partial charge in [-0.15, -0.1) is 0 Å². The molecule has 0 spiro atoms. The van der Waals surface area contributed by atoms with Gasteiger partial charge in [-0.05, 0) is 32.2 Å². The predicted octanol–water partition coefficient (Wildman–Crippen LogP) is 1.94. The lowest BCUT2D eigenvalue weighted by Gasteiger charge is -2.44. The van der Waals surface area contributed by atoms with Gasteiger partial charge >= 0.3 is 0 Å². The highest BCUT2D eigenvalue weighted by molar-refractivity contribution is 5.79. The van der Waals surface area contributed by atoms with Crippen LogP contribution in [0.4, 0.5) is 0 Å². The molecule has 1 aromatic heterocycles. The maximum absolute atomic E-state index is 13.0. The van der Waals surface area contributed by atoms with Crippen molar-refractivity contribution < 1.29 is 14.1 Å². The van der Waals surface area contributed by atoms with Crippen molar-refractivity contribution in [1.82, 2.24) is 19.9 Å². The van der Waals surface area contributed by atoms with Crippen molar-refractivity contribution in [2.75, 3.05) is 26.2 Å². The quantitative estimate of drug-likeness (QED) is 0.828. The molecule has 3 fully saturated rings. The number of hydrogen-bond acceptors (Lipinski definition) is 6. The zero-order valence-corrected chi connectivity index (χ0v) is 15.0. The Labute approximate surface area is 148 Å². The minimum atomic E-state index is 0.108. The van der Waals surface area contributed by atoms with E-state index in [-0.39, 0.29) is 24.1 Å². The fourth-order valence-electron chi connectivity index (χ4n) is 4.53. The lowest BCUT2D eigenvalue weighted by Crippen LogP contribution is -2.56. The first-order valence-electron chi connectivity index (χ1n) is 9.74. The van der Waals surface area contributed by atoms with Gasteiger partial charge in [0.15, 0.2) is 5.82 Å². The van der Waals surface area contributed by atoms with Gasteiger partial charge in [0, 0.05) is 13.0 Å². The molecule has 1 aromatic rings. The Morgan fingerprint density at radius 3 is 2.92 bits per heavy atom. The Bertz CT molecular complexity index is 603. The molecule has 3 aliphatic rings. The summed E-state index contributed by atoms with van der Waals surface area (Å²) in [5, 5.41) is 4.13. The third kappa shape index (κ3) is 3.44. The molecule has 1 saturated carbocycles. The Kier molecular flexibility index (Phi) is 5.03. The molecule has 0 unspecified atom stereocenters. The second kappa shape index (κ2) is 7.41. The van der Waals surface area contributed by atoms with Crippen LogP contribution in [0.3, 0.4) is 0 Å². The average Bonchev–Trinajstić information content (AvgIpc) is 3.30. The van der Waals surface area contributed by atoms with Crippen LogP contribution >= 0.6 is 0 Å². The number of carbonyl (C=O) groups excluding carboxylic acids is 1. The van der Waals surface area contributed by atoms with Gasteiger partial charge in [0.2, 0.25) is 11.8 Å². The fourth-order valence-corrected chi connectivity index (χ4v) is 4.53. The fraction of sp³-hybridized carbons (Fsp3) is 0.833. The number of aryl methyl sites for hydroxylation is 1. The van der Waals surface area contributed by atoms with E-state index < -0.39 is 0 Å². The lowest BCUT2D eigenvalue weighted by atomic mass is 9.90. The molecule has 2 aliphatic heterocycles. The third-order valence-electron chi connectivity index (χ3n) is 5.84. The van der Waals surface area contributed by atoms with Gasteiger partial charge in [0.25, 0.3) is 0 Å². The van der Waals surface area contributed by atoms with Gasteiger partial charge in [-0.3, -0.25) is 9.69 Å². The molecule has 25 heavy (non-hydrogen) atoms. The maximum Gasteiger partial charge on any atom is 0.237 e. The summed E-state index contributed by atoms with van der Waals surface area (Å²) in [5.74, 6) is 1.64. The van der Waals surface area contributed by atoms with Gasteiger partial charge in [-0.25, -0.2) is 0 Å². The monoisotopic (exact) mass is 348 g/mol. The average molecular weight is 348 g/mol. The van der Waals surface area contributed by atoms with Crippen LogP contribution in [0.25, 0.3) is 0 Å². The normalized spacial score (nSPS) is 30.4. The van der Waals surface area contributed by atoms with Crippen LogP contribution < -0.4 is 0 Å². The number of aromatic nitrogens is 2. The smallest absolute Gasteiger partial charge is 0.237 e. The molecule has 0 aromatic carbocycles. The van der Waals surface area contributed by atoms with E-state index in [2.05, 4.69) is 19.9 Å². The van der Waals surface area contributed by atoms with Gasteiger partial charge in [0.1, 0.15) is 0 Å². The van der Waals surface area contributed by atoms with Crippen molar-refractivity contribution in [3.8, 4) is 0 Å². The summed E-state index contributed by atoms with van der Waals surface area (Å²) in [6, 6.07) is 0.379. The molecule has 1 aliphatic carbocycles. The zero-order chi connectivity index (χ0) is 17.2. The van der Waals surface area contributed by atoms with Gasteiger partial charge in [-0.2, -0.15) is 4.98 Å². The number of ether oxygens (including phenoxy) is 1. The number of carbonyl (C=O) groups is 1. The molecule has 4 rings (SSSR count). The van der Waals surface area contributed by atoms with Crippen molar-refractivity contribution in [3.05, 3.63) is 11.7 Å². The first-order chi connectivity index (χ1) is 12.3. The molecule has 1 amide bonds. The first-order valence-corrected chi connectivity index (χ1v) is 9.74. The standard InChI is InChI=1S/C18H28N4O3/c1-2-16-19-18(20-25-16)14-7-5-9-21(14)12-17(23)22-10-11-24-15-8-4-3-6-13(15)22/h13-15H,2-12H2,1H3/t13-,14+,15+/m1/s1. The highest BCUT2D eigenvalue weighted by Gasteiger charge is 2.38.